The van der Waals surface area contributed by atoms with E-state index in [9.17, 15) is 4.79 Å². The SMILES string of the molecule is CCCCCCOc1c(OCCCCCC)c2ccc(NCCCC)cc2n(C)c1=O. The number of unbranched alkanes of at least 4 members (excludes halogenated alkanes) is 7. The molecule has 0 atom stereocenters. The molecular formula is C26H42N2O3. The smallest absolute Gasteiger partial charge is 0.297 e. The lowest BCUT2D eigenvalue weighted by atomic mass is 10.1. The summed E-state index contributed by atoms with van der Waals surface area (Å²) in [6.07, 6.45) is 11.2. The minimum Gasteiger partial charge on any atom is -0.489 e. The molecule has 174 valence electrons. The molecule has 0 aliphatic heterocycles. The van der Waals surface area contributed by atoms with Crippen molar-refractivity contribution >= 4 is 16.6 Å². The van der Waals surface area contributed by atoms with Crippen LogP contribution in [0.5, 0.6) is 11.5 Å². The van der Waals surface area contributed by atoms with Gasteiger partial charge in [-0.25, -0.2) is 0 Å². The third kappa shape index (κ3) is 7.48. The van der Waals surface area contributed by atoms with Gasteiger partial charge in [0, 0.05) is 24.7 Å². The van der Waals surface area contributed by atoms with Gasteiger partial charge < -0.3 is 19.4 Å². The van der Waals surface area contributed by atoms with Crippen molar-refractivity contribution < 1.29 is 9.47 Å². The Morgan fingerprint density at radius 3 is 2.03 bits per heavy atom. The Morgan fingerprint density at radius 1 is 0.806 bits per heavy atom. The molecule has 0 aliphatic carbocycles. The van der Waals surface area contributed by atoms with Crippen molar-refractivity contribution in [1.82, 2.24) is 4.57 Å². The van der Waals surface area contributed by atoms with Gasteiger partial charge in [-0.05, 0) is 37.5 Å². The van der Waals surface area contributed by atoms with Crippen molar-refractivity contribution in [2.24, 2.45) is 7.05 Å². The molecule has 0 unspecified atom stereocenters. The Balaban J connectivity index is 2.31. The number of benzene rings is 1. The van der Waals surface area contributed by atoms with Crippen molar-refractivity contribution in [2.45, 2.75) is 85.0 Å². The van der Waals surface area contributed by atoms with E-state index < -0.39 is 0 Å². The van der Waals surface area contributed by atoms with Crippen molar-refractivity contribution in [2.75, 3.05) is 25.1 Å². The minimum absolute atomic E-state index is 0.128. The summed E-state index contributed by atoms with van der Waals surface area (Å²) in [4.78, 5) is 13.2. The summed E-state index contributed by atoms with van der Waals surface area (Å²) >= 11 is 0. The van der Waals surface area contributed by atoms with Gasteiger partial charge in [-0.2, -0.15) is 0 Å². The van der Waals surface area contributed by atoms with Gasteiger partial charge in [0.15, 0.2) is 5.75 Å². The van der Waals surface area contributed by atoms with E-state index in [1.165, 1.54) is 25.7 Å². The zero-order valence-corrected chi connectivity index (χ0v) is 20.1. The van der Waals surface area contributed by atoms with E-state index in [-0.39, 0.29) is 5.56 Å². The lowest BCUT2D eigenvalue weighted by Gasteiger charge is -2.18. The van der Waals surface area contributed by atoms with Crippen LogP contribution in [0.25, 0.3) is 10.9 Å². The molecule has 5 heteroatoms. The van der Waals surface area contributed by atoms with E-state index in [1.54, 1.807) is 4.57 Å². The second-order valence-electron chi connectivity index (χ2n) is 8.35. The number of aromatic nitrogens is 1. The van der Waals surface area contributed by atoms with Crippen LogP contribution < -0.4 is 20.3 Å². The lowest BCUT2D eigenvalue weighted by molar-refractivity contribution is 0.257. The monoisotopic (exact) mass is 430 g/mol. The maximum absolute atomic E-state index is 13.2. The summed E-state index contributed by atoms with van der Waals surface area (Å²) < 4.78 is 13.9. The van der Waals surface area contributed by atoms with E-state index in [2.05, 4.69) is 32.2 Å². The first-order chi connectivity index (χ1) is 15.1. The first-order valence-electron chi connectivity index (χ1n) is 12.3. The second kappa shape index (κ2) is 14.0. The van der Waals surface area contributed by atoms with Gasteiger partial charge in [-0.15, -0.1) is 0 Å². The molecule has 1 N–H and O–H groups in total. The van der Waals surface area contributed by atoms with Gasteiger partial charge in [-0.1, -0.05) is 65.7 Å². The summed E-state index contributed by atoms with van der Waals surface area (Å²) in [6.45, 7) is 8.64. The maximum Gasteiger partial charge on any atom is 0.297 e. The fourth-order valence-electron chi connectivity index (χ4n) is 3.68. The number of pyridine rings is 1. The minimum atomic E-state index is -0.128. The zero-order valence-electron chi connectivity index (χ0n) is 20.1. The predicted octanol–water partition coefficient (Wildman–Crippen LogP) is 6.67. The summed E-state index contributed by atoms with van der Waals surface area (Å²) in [6, 6.07) is 6.16. The number of nitrogens with one attached hydrogen (secondary N) is 1. The molecule has 0 radical (unpaired) electrons. The highest BCUT2D eigenvalue weighted by atomic mass is 16.5. The molecule has 5 nitrogen and oxygen atoms in total. The normalized spacial score (nSPS) is 11.1. The summed E-state index contributed by atoms with van der Waals surface area (Å²) in [5, 5.41) is 4.38. The Kier molecular flexibility index (Phi) is 11.3. The number of nitrogens with zero attached hydrogens (tertiary/aromatic N) is 1. The van der Waals surface area contributed by atoms with Crippen molar-refractivity contribution in [1.29, 1.82) is 0 Å². The highest BCUT2D eigenvalue weighted by Crippen LogP contribution is 2.34. The van der Waals surface area contributed by atoms with E-state index >= 15 is 0 Å². The fourth-order valence-corrected chi connectivity index (χ4v) is 3.68. The van der Waals surface area contributed by atoms with E-state index in [0.717, 1.165) is 61.7 Å². The van der Waals surface area contributed by atoms with Crippen molar-refractivity contribution in [3.63, 3.8) is 0 Å². The van der Waals surface area contributed by atoms with E-state index in [1.807, 2.05) is 19.2 Å². The Hall–Kier alpha value is -2.17. The summed E-state index contributed by atoms with van der Waals surface area (Å²) in [5.74, 6) is 0.957. The van der Waals surface area contributed by atoms with Crippen LogP contribution in [0.15, 0.2) is 23.0 Å². The van der Waals surface area contributed by atoms with Crippen LogP contribution in [-0.2, 0) is 7.05 Å². The number of hydrogen-bond donors (Lipinski definition) is 1. The van der Waals surface area contributed by atoms with Crippen LogP contribution in [0.4, 0.5) is 5.69 Å². The quantitative estimate of drug-likeness (QED) is 0.302. The second-order valence-corrected chi connectivity index (χ2v) is 8.35. The number of hydrogen-bond acceptors (Lipinski definition) is 4. The van der Waals surface area contributed by atoms with Gasteiger partial charge in [0.1, 0.15) is 0 Å². The number of ether oxygens (including phenoxy) is 2. The topological polar surface area (TPSA) is 52.5 Å². The van der Waals surface area contributed by atoms with Gasteiger partial charge in [0.25, 0.3) is 5.56 Å². The van der Waals surface area contributed by atoms with Gasteiger partial charge >= 0.3 is 0 Å². The van der Waals surface area contributed by atoms with Crippen LogP contribution in [0.3, 0.4) is 0 Å². The number of fused-ring (bicyclic) bond motifs is 1. The van der Waals surface area contributed by atoms with Crippen LogP contribution in [-0.4, -0.2) is 24.3 Å². The first kappa shape index (κ1) is 25.1. The van der Waals surface area contributed by atoms with Crippen LogP contribution in [0.2, 0.25) is 0 Å². The molecule has 0 saturated heterocycles. The lowest BCUT2D eigenvalue weighted by Crippen LogP contribution is -2.22. The molecule has 1 aromatic carbocycles. The molecule has 2 aromatic rings. The van der Waals surface area contributed by atoms with Gasteiger partial charge in [-0.3, -0.25) is 4.79 Å². The highest BCUT2D eigenvalue weighted by Gasteiger charge is 2.18. The molecule has 0 aliphatic rings. The van der Waals surface area contributed by atoms with Crippen LogP contribution >= 0.6 is 0 Å². The standard InChI is InChI=1S/C26H42N2O3/c1-5-8-11-13-18-30-24-22-16-15-21(27-17-10-7-3)20-23(22)28(4)26(29)25(24)31-19-14-12-9-6-2/h15-16,20,27H,5-14,17-19H2,1-4H3. The molecule has 0 bridgehead atoms. The van der Waals surface area contributed by atoms with Crippen molar-refractivity contribution in [3.8, 4) is 11.5 Å². The number of rotatable bonds is 16. The molecular weight excluding hydrogens is 388 g/mol. The van der Waals surface area contributed by atoms with Crippen LogP contribution in [0.1, 0.15) is 85.0 Å². The molecule has 0 fully saturated rings. The van der Waals surface area contributed by atoms with Crippen molar-refractivity contribution in [3.05, 3.63) is 28.6 Å². The van der Waals surface area contributed by atoms with Crippen LogP contribution in [0, 0.1) is 0 Å². The zero-order chi connectivity index (χ0) is 22.5. The van der Waals surface area contributed by atoms with Gasteiger partial charge in [0.2, 0.25) is 5.75 Å². The number of anilines is 1. The average Bonchev–Trinajstić information content (AvgIpc) is 2.78. The predicted molar refractivity (Wildman–Crippen MR) is 132 cm³/mol. The van der Waals surface area contributed by atoms with E-state index in [0.29, 0.717) is 24.7 Å². The molecule has 1 heterocycles. The molecule has 2 rings (SSSR count). The van der Waals surface area contributed by atoms with Gasteiger partial charge in [0.05, 0.1) is 18.7 Å². The Labute approximate surface area is 188 Å². The first-order valence-corrected chi connectivity index (χ1v) is 12.3. The molecule has 1 aromatic heterocycles. The third-order valence-electron chi connectivity index (χ3n) is 5.66. The molecule has 0 spiro atoms. The largest absolute Gasteiger partial charge is 0.489 e. The fraction of sp³-hybridized carbons (Fsp3) is 0.654. The molecule has 0 amide bonds. The highest BCUT2D eigenvalue weighted by molar-refractivity contribution is 5.90. The maximum atomic E-state index is 13.2. The summed E-state index contributed by atoms with van der Waals surface area (Å²) in [5.41, 5.74) is 1.77. The Morgan fingerprint density at radius 2 is 1.42 bits per heavy atom. The molecule has 31 heavy (non-hydrogen) atoms. The number of aryl methyl sites for hydroxylation is 1. The van der Waals surface area contributed by atoms with E-state index in [4.69, 9.17) is 9.47 Å². The Bertz CT molecular complexity index is 845. The third-order valence-corrected chi connectivity index (χ3v) is 5.66. The average molecular weight is 431 g/mol. The summed E-state index contributed by atoms with van der Waals surface area (Å²) in [7, 11) is 1.81. The molecule has 0 saturated carbocycles.